The van der Waals surface area contributed by atoms with Gasteiger partial charge in [0.15, 0.2) is 9.84 Å². The molecule has 0 amide bonds. The van der Waals surface area contributed by atoms with Crippen LogP contribution in [0.1, 0.15) is 71.3 Å². The van der Waals surface area contributed by atoms with Gasteiger partial charge < -0.3 is 4.74 Å². The quantitative estimate of drug-likeness (QED) is 0.458. The average Bonchev–Trinajstić information content (AvgIpc) is 2.54. The van der Waals surface area contributed by atoms with Gasteiger partial charge in [-0.15, -0.1) is 0 Å². The van der Waals surface area contributed by atoms with Crippen molar-refractivity contribution in [1.82, 2.24) is 0 Å². The topological polar surface area (TPSA) is 43.4 Å². The van der Waals surface area contributed by atoms with Gasteiger partial charge in [0.2, 0.25) is 0 Å². The minimum absolute atomic E-state index is 0.246. The molecule has 1 aromatic carbocycles. The fourth-order valence-corrected chi connectivity index (χ4v) is 3.60. The summed E-state index contributed by atoms with van der Waals surface area (Å²) in [5.41, 5.74) is 1.33. The van der Waals surface area contributed by atoms with Crippen LogP contribution in [0.4, 0.5) is 0 Å². The number of ether oxygens (including phenoxy) is 1. The van der Waals surface area contributed by atoms with Crippen LogP contribution in [0, 0.1) is 0 Å². The van der Waals surface area contributed by atoms with Crippen molar-refractivity contribution in [2.75, 3.05) is 12.4 Å². The molecule has 0 aliphatic rings. The smallest absolute Gasteiger partial charge is 0.152 e. The van der Waals surface area contributed by atoms with Crippen LogP contribution < -0.4 is 4.74 Å². The first kappa shape index (κ1) is 21.0. The first-order chi connectivity index (χ1) is 11.5. The van der Waals surface area contributed by atoms with Crippen LogP contribution in [-0.4, -0.2) is 26.0 Å². The Balaban J connectivity index is 2.16. The molecule has 3 nitrogen and oxygen atoms in total. The van der Waals surface area contributed by atoms with Gasteiger partial charge in [-0.05, 0) is 57.2 Å². The summed E-state index contributed by atoms with van der Waals surface area (Å²) in [6.07, 6.45) is 8.52. The Morgan fingerprint density at radius 1 is 1.00 bits per heavy atom. The van der Waals surface area contributed by atoms with E-state index in [9.17, 15) is 8.42 Å². The standard InChI is InChI=1S/C20H34O3S/c1-4-5-15-23-20-14-11-13-19(17-20)12-9-7-6-8-10-16-24(21,22)18(2)3/h11,13-14,17-18H,4-10,12,15-16H2,1-3H3. The highest BCUT2D eigenvalue weighted by atomic mass is 32.2. The van der Waals surface area contributed by atoms with Crippen LogP contribution in [0.2, 0.25) is 0 Å². The number of hydrogen-bond acceptors (Lipinski definition) is 3. The Bertz CT molecular complexity index is 550. The molecular weight excluding hydrogens is 320 g/mol. The molecule has 0 heterocycles. The maximum atomic E-state index is 11.7. The molecule has 1 aromatic rings. The second-order valence-electron chi connectivity index (χ2n) is 6.78. The second kappa shape index (κ2) is 11.5. The molecule has 0 atom stereocenters. The molecule has 0 unspecified atom stereocenters. The molecule has 0 saturated carbocycles. The zero-order valence-electron chi connectivity index (χ0n) is 15.6. The monoisotopic (exact) mass is 354 g/mol. The fraction of sp³-hybridized carbons (Fsp3) is 0.700. The van der Waals surface area contributed by atoms with Crippen LogP contribution in [0.3, 0.4) is 0 Å². The number of aryl methyl sites for hydroxylation is 1. The van der Waals surface area contributed by atoms with Crippen molar-refractivity contribution in [1.29, 1.82) is 0 Å². The van der Waals surface area contributed by atoms with Crippen molar-refractivity contribution in [2.45, 2.75) is 77.4 Å². The van der Waals surface area contributed by atoms with E-state index in [1.54, 1.807) is 13.8 Å². The number of unbranched alkanes of at least 4 members (excludes halogenated alkanes) is 5. The van der Waals surface area contributed by atoms with Gasteiger partial charge in [0.25, 0.3) is 0 Å². The Kier molecular flexibility index (Phi) is 10.1. The maximum Gasteiger partial charge on any atom is 0.152 e. The van der Waals surface area contributed by atoms with E-state index in [1.807, 2.05) is 6.07 Å². The van der Waals surface area contributed by atoms with Gasteiger partial charge in [-0.1, -0.05) is 44.7 Å². The molecule has 138 valence electrons. The minimum atomic E-state index is -2.86. The molecule has 0 radical (unpaired) electrons. The lowest BCUT2D eigenvalue weighted by Crippen LogP contribution is -2.17. The molecule has 24 heavy (non-hydrogen) atoms. The third kappa shape index (κ3) is 8.72. The molecule has 0 bridgehead atoms. The number of sulfone groups is 1. The Morgan fingerprint density at radius 3 is 2.42 bits per heavy atom. The zero-order chi connectivity index (χ0) is 17.8. The Hall–Kier alpha value is -1.03. The van der Waals surface area contributed by atoms with Gasteiger partial charge in [0, 0.05) is 0 Å². The van der Waals surface area contributed by atoms with E-state index >= 15 is 0 Å². The van der Waals surface area contributed by atoms with Crippen molar-refractivity contribution in [3.63, 3.8) is 0 Å². The molecule has 4 heteroatoms. The van der Waals surface area contributed by atoms with Crippen molar-refractivity contribution < 1.29 is 13.2 Å². The molecule has 0 spiro atoms. The van der Waals surface area contributed by atoms with Crippen LogP contribution in [0.15, 0.2) is 24.3 Å². The summed E-state index contributed by atoms with van der Waals surface area (Å²) < 4.78 is 29.2. The first-order valence-corrected chi connectivity index (χ1v) is 11.1. The van der Waals surface area contributed by atoms with Gasteiger partial charge in [-0.25, -0.2) is 8.42 Å². The third-order valence-corrected chi connectivity index (χ3v) is 6.57. The summed E-state index contributed by atoms with van der Waals surface area (Å²) in [6.45, 7) is 6.47. The molecule has 0 aromatic heterocycles. The average molecular weight is 355 g/mol. The predicted octanol–water partition coefficient (Wildman–Crippen LogP) is 5.18. The molecule has 1 rings (SSSR count). The van der Waals surface area contributed by atoms with E-state index in [2.05, 4.69) is 25.1 Å². The third-order valence-electron chi connectivity index (χ3n) is 4.28. The van der Waals surface area contributed by atoms with E-state index in [-0.39, 0.29) is 5.25 Å². The highest BCUT2D eigenvalue weighted by Gasteiger charge is 2.14. The van der Waals surface area contributed by atoms with E-state index in [1.165, 1.54) is 5.56 Å². The lowest BCUT2D eigenvalue weighted by atomic mass is 10.1. The van der Waals surface area contributed by atoms with E-state index in [4.69, 9.17) is 4.74 Å². The summed E-state index contributed by atoms with van der Waals surface area (Å²) in [5.74, 6) is 1.31. The summed E-state index contributed by atoms with van der Waals surface area (Å²) in [6, 6.07) is 8.38. The van der Waals surface area contributed by atoms with Crippen LogP contribution in [-0.2, 0) is 16.3 Å². The van der Waals surface area contributed by atoms with Crippen molar-refractivity contribution in [2.24, 2.45) is 0 Å². The predicted molar refractivity (Wildman–Crippen MR) is 103 cm³/mol. The zero-order valence-corrected chi connectivity index (χ0v) is 16.4. The van der Waals surface area contributed by atoms with E-state index in [0.29, 0.717) is 5.75 Å². The van der Waals surface area contributed by atoms with Crippen molar-refractivity contribution >= 4 is 9.84 Å². The summed E-state index contributed by atoms with van der Waals surface area (Å²) >= 11 is 0. The summed E-state index contributed by atoms with van der Waals surface area (Å²) in [7, 11) is -2.86. The second-order valence-corrected chi connectivity index (χ2v) is 9.46. The van der Waals surface area contributed by atoms with Gasteiger partial charge >= 0.3 is 0 Å². The Labute approximate surface area is 148 Å². The van der Waals surface area contributed by atoms with Crippen LogP contribution >= 0.6 is 0 Å². The number of rotatable bonds is 13. The molecule has 0 fully saturated rings. The molecule has 0 aliphatic heterocycles. The SMILES string of the molecule is CCCCOc1cccc(CCCCCCCS(=O)(=O)C(C)C)c1. The fourth-order valence-electron chi connectivity index (χ4n) is 2.52. The first-order valence-electron chi connectivity index (χ1n) is 9.39. The van der Waals surface area contributed by atoms with Gasteiger partial charge in [-0.2, -0.15) is 0 Å². The number of benzene rings is 1. The van der Waals surface area contributed by atoms with Gasteiger partial charge in [0.05, 0.1) is 17.6 Å². The van der Waals surface area contributed by atoms with Crippen molar-refractivity contribution in [3.05, 3.63) is 29.8 Å². The van der Waals surface area contributed by atoms with Crippen molar-refractivity contribution in [3.8, 4) is 5.75 Å². The largest absolute Gasteiger partial charge is 0.494 e. The maximum absolute atomic E-state index is 11.7. The highest BCUT2D eigenvalue weighted by molar-refractivity contribution is 7.91. The summed E-state index contributed by atoms with van der Waals surface area (Å²) in [5, 5.41) is -0.246. The molecule has 0 aliphatic carbocycles. The Morgan fingerprint density at radius 2 is 1.71 bits per heavy atom. The molecule has 0 saturated heterocycles. The highest BCUT2D eigenvalue weighted by Crippen LogP contribution is 2.16. The lowest BCUT2D eigenvalue weighted by molar-refractivity contribution is 0.309. The van der Waals surface area contributed by atoms with Gasteiger partial charge in [0.1, 0.15) is 5.75 Å². The normalized spacial score (nSPS) is 11.8. The van der Waals surface area contributed by atoms with E-state index < -0.39 is 9.84 Å². The van der Waals surface area contributed by atoms with Crippen LogP contribution in [0.5, 0.6) is 5.75 Å². The van der Waals surface area contributed by atoms with Gasteiger partial charge in [-0.3, -0.25) is 0 Å². The number of hydrogen-bond donors (Lipinski definition) is 0. The minimum Gasteiger partial charge on any atom is -0.494 e. The van der Waals surface area contributed by atoms with E-state index in [0.717, 1.165) is 63.7 Å². The van der Waals surface area contributed by atoms with Crippen LogP contribution in [0.25, 0.3) is 0 Å². The summed E-state index contributed by atoms with van der Waals surface area (Å²) in [4.78, 5) is 0. The molecule has 0 N–H and O–H groups in total. The lowest BCUT2D eigenvalue weighted by Gasteiger charge is -2.08. The molecular formula is C20H34O3S.